The van der Waals surface area contributed by atoms with Gasteiger partial charge in [0.25, 0.3) is 0 Å². The third-order valence-corrected chi connectivity index (χ3v) is 3.63. The Hall–Kier alpha value is -2.73. The number of benzene rings is 2. The molecule has 0 unspecified atom stereocenters. The molecule has 6 nitrogen and oxygen atoms in total. The summed E-state index contributed by atoms with van der Waals surface area (Å²) < 4.78 is 4.94. The standard InChI is InChI=1S/C19H23N3O3/c1-3-22(13-14-23)18-11-9-17(10-12-18)21-20-16-7-5-15(6-8-16)19(24)25-4-2/h5-12,23H,3-4,13-14H2,1-2H3. The van der Waals surface area contributed by atoms with Crippen molar-refractivity contribution >= 4 is 23.0 Å². The zero-order valence-electron chi connectivity index (χ0n) is 14.6. The predicted octanol–water partition coefficient (Wildman–Crippen LogP) is 4.10. The largest absolute Gasteiger partial charge is 0.462 e. The molecule has 6 heteroatoms. The number of nitrogens with zero attached hydrogens (tertiary/aromatic N) is 3. The molecule has 0 saturated heterocycles. The van der Waals surface area contributed by atoms with Crippen LogP contribution in [0.5, 0.6) is 0 Å². The number of hydrogen-bond donors (Lipinski definition) is 1. The number of likely N-dealkylation sites (N-methyl/N-ethyl adjacent to an activating group) is 1. The molecular weight excluding hydrogens is 318 g/mol. The number of esters is 1. The Morgan fingerprint density at radius 2 is 1.56 bits per heavy atom. The summed E-state index contributed by atoms with van der Waals surface area (Å²) in [6.45, 7) is 5.72. The third kappa shape index (κ3) is 5.39. The van der Waals surface area contributed by atoms with Crippen LogP contribution in [0.3, 0.4) is 0 Å². The van der Waals surface area contributed by atoms with E-state index in [2.05, 4.69) is 15.1 Å². The molecule has 0 spiro atoms. The maximum Gasteiger partial charge on any atom is 0.338 e. The van der Waals surface area contributed by atoms with Crippen molar-refractivity contribution in [3.63, 3.8) is 0 Å². The first-order valence-electron chi connectivity index (χ1n) is 8.32. The Morgan fingerprint density at radius 3 is 2.04 bits per heavy atom. The summed E-state index contributed by atoms with van der Waals surface area (Å²) in [7, 11) is 0. The molecule has 0 aliphatic heterocycles. The van der Waals surface area contributed by atoms with Crippen LogP contribution in [0.25, 0.3) is 0 Å². The maximum absolute atomic E-state index is 11.6. The Kier molecular flexibility index (Phi) is 7.10. The van der Waals surface area contributed by atoms with Crippen molar-refractivity contribution in [1.29, 1.82) is 0 Å². The summed E-state index contributed by atoms with van der Waals surface area (Å²) in [5.41, 5.74) is 2.92. The lowest BCUT2D eigenvalue weighted by molar-refractivity contribution is 0.0526. The lowest BCUT2D eigenvalue weighted by Crippen LogP contribution is -2.25. The molecule has 0 aliphatic carbocycles. The fraction of sp³-hybridized carbons (Fsp3) is 0.316. The monoisotopic (exact) mass is 341 g/mol. The third-order valence-electron chi connectivity index (χ3n) is 3.63. The van der Waals surface area contributed by atoms with Crippen molar-refractivity contribution < 1.29 is 14.6 Å². The van der Waals surface area contributed by atoms with Gasteiger partial charge >= 0.3 is 5.97 Å². The first kappa shape index (κ1) is 18.6. The fourth-order valence-electron chi connectivity index (χ4n) is 2.31. The minimum Gasteiger partial charge on any atom is -0.462 e. The van der Waals surface area contributed by atoms with Crippen molar-refractivity contribution in [3.8, 4) is 0 Å². The summed E-state index contributed by atoms with van der Waals surface area (Å²) in [5, 5.41) is 17.4. The number of hydrogen-bond acceptors (Lipinski definition) is 6. The average Bonchev–Trinajstić information content (AvgIpc) is 2.65. The van der Waals surface area contributed by atoms with Gasteiger partial charge in [-0.05, 0) is 62.4 Å². The van der Waals surface area contributed by atoms with Gasteiger partial charge in [0, 0.05) is 18.8 Å². The molecular formula is C19H23N3O3. The molecule has 0 atom stereocenters. The first-order valence-corrected chi connectivity index (χ1v) is 8.32. The highest BCUT2D eigenvalue weighted by atomic mass is 16.5. The van der Waals surface area contributed by atoms with Gasteiger partial charge < -0.3 is 14.7 Å². The quantitative estimate of drug-likeness (QED) is 0.579. The van der Waals surface area contributed by atoms with E-state index in [1.807, 2.05) is 31.2 Å². The minimum absolute atomic E-state index is 0.122. The van der Waals surface area contributed by atoms with Gasteiger partial charge in [0.1, 0.15) is 0 Å². The van der Waals surface area contributed by atoms with Crippen molar-refractivity contribution in [2.24, 2.45) is 10.2 Å². The maximum atomic E-state index is 11.6. The van der Waals surface area contributed by atoms with Gasteiger partial charge in [-0.1, -0.05) is 0 Å². The fourth-order valence-corrected chi connectivity index (χ4v) is 2.31. The van der Waals surface area contributed by atoms with Crippen LogP contribution in [0.2, 0.25) is 0 Å². The van der Waals surface area contributed by atoms with Crippen molar-refractivity contribution in [1.82, 2.24) is 0 Å². The van der Waals surface area contributed by atoms with Gasteiger partial charge in [-0.25, -0.2) is 4.79 Å². The van der Waals surface area contributed by atoms with Crippen LogP contribution < -0.4 is 4.90 Å². The van der Waals surface area contributed by atoms with Gasteiger partial charge in [-0.2, -0.15) is 10.2 Å². The molecule has 0 heterocycles. The molecule has 2 aromatic carbocycles. The smallest absolute Gasteiger partial charge is 0.338 e. The summed E-state index contributed by atoms with van der Waals surface area (Å²) in [5.74, 6) is -0.343. The van der Waals surface area contributed by atoms with Gasteiger partial charge in [0.15, 0.2) is 0 Å². The molecule has 25 heavy (non-hydrogen) atoms. The molecule has 0 bridgehead atoms. The molecule has 0 radical (unpaired) electrons. The molecule has 2 rings (SSSR count). The lowest BCUT2D eigenvalue weighted by atomic mass is 10.2. The highest BCUT2D eigenvalue weighted by Crippen LogP contribution is 2.22. The van der Waals surface area contributed by atoms with Crippen LogP contribution in [0, 0.1) is 0 Å². The van der Waals surface area contributed by atoms with Gasteiger partial charge in [-0.15, -0.1) is 0 Å². The van der Waals surface area contributed by atoms with Gasteiger partial charge in [-0.3, -0.25) is 0 Å². The number of carbonyl (C=O) groups is 1. The number of carbonyl (C=O) groups excluding carboxylic acids is 1. The van der Waals surface area contributed by atoms with Crippen LogP contribution >= 0.6 is 0 Å². The van der Waals surface area contributed by atoms with E-state index in [0.717, 1.165) is 17.9 Å². The van der Waals surface area contributed by atoms with E-state index in [1.54, 1.807) is 31.2 Å². The summed E-state index contributed by atoms with van der Waals surface area (Å²) in [6.07, 6.45) is 0. The zero-order chi connectivity index (χ0) is 18.1. The minimum atomic E-state index is -0.343. The van der Waals surface area contributed by atoms with E-state index in [9.17, 15) is 4.79 Å². The number of aliphatic hydroxyl groups excluding tert-OH is 1. The average molecular weight is 341 g/mol. The molecule has 2 aromatic rings. The number of ether oxygens (including phenoxy) is 1. The van der Waals surface area contributed by atoms with E-state index < -0.39 is 0 Å². The van der Waals surface area contributed by atoms with Crippen LogP contribution in [0.1, 0.15) is 24.2 Å². The Bertz CT molecular complexity index is 697. The molecule has 0 aliphatic rings. The number of azo groups is 1. The van der Waals surface area contributed by atoms with Gasteiger partial charge in [0.05, 0.1) is 30.2 Å². The Labute approximate surface area is 147 Å². The van der Waals surface area contributed by atoms with E-state index >= 15 is 0 Å². The van der Waals surface area contributed by atoms with Crippen LogP contribution in [-0.4, -0.2) is 37.4 Å². The molecule has 1 N–H and O–H groups in total. The zero-order valence-corrected chi connectivity index (χ0v) is 14.6. The highest BCUT2D eigenvalue weighted by molar-refractivity contribution is 5.89. The molecule has 0 fully saturated rings. The van der Waals surface area contributed by atoms with Crippen LogP contribution in [0.15, 0.2) is 58.8 Å². The van der Waals surface area contributed by atoms with Crippen molar-refractivity contribution in [2.75, 3.05) is 31.2 Å². The van der Waals surface area contributed by atoms with Gasteiger partial charge in [0.2, 0.25) is 0 Å². The second-order valence-electron chi connectivity index (χ2n) is 5.29. The molecule has 0 amide bonds. The first-order chi connectivity index (χ1) is 12.2. The topological polar surface area (TPSA) is 74.5 Å². The molecule has 132 valence electrons. The number of rotatable bonds is 8. The van der Waals surface area contributed by atoms with Crippen LogP contribution in [-0.2, 0) is 4.74 Å². The van der Waals surface area contributed by atoms with E-state index in [0.29, 0.717) is 24.4 Å². The normalized spacial score (nSPS) is 10.8. The number of anilines is 1. The number of aliphatic hydroxyl groups is 1. The summed E-state index contributed by atoms with van der Waals surface area (Å²) >= 11 is 0. The Balaban J connectivity index is 2.02. The van der Waals surface area contributed by atoms with E-state index in [1.165, 1.54) is 0 Å². The Morgan fingerprint density at radius 1 is 1.00 bits per heavy atom. The predicted molar refractivity (Wildman–Crippen MR) is 98.0 cm³/mol. The van der Waals surface area contributed by atoms with Crippen molar-refractivity contribution in [3.05, 3.63) is 54.1 Å². The summed E-state index contributed by atoms with van der Waals surface area (Å²) in [4.78, 5) is 13.7. The van der Waals surface area contributed by atoms with Crippen LogP contribution in [0.4, 0.5) is 17.1 Å². The highest BCUT2D eigenvalue weighted by Gasteiger charge is 2.05. The second-order valence-corrected chi connectivity index (χ2v) is 5.29. The second kappa shape index (κ2) is 9.54. The molecule has 0 saturated carbocycles. The molecule has 0 aromatic heterocycles. The lowest BCUT2D eigenvalue weighted by Gasteiger charge is -2.21. The van der Waals surface area contributed by atoms with E-state index in [-0.39, 0.29) is 12.6 Å². The van der Waals surface area contributed by atoms with E-state index in [4.69, 9.17) is 9.84 Å². The van der Waals surface area contributed by atoms with Crippen molar-refractivity contribution in [2.45, 2.75) is 13.8 Å². The SMILES string of the molecule is CCOC(=O)c1ccc(N=Nc2ccc(N(CC)CCO)cc2)cc1. The summed E-state index contributed by atoms with van der Waals surface area (Å²) in [6, 6.07) is 14.5.